The Morgan fingerprint density at radius 2 is 1.75 bits per heavy atom. The number of nitrogens with zero attached hydrogens (tertiary/aromatic N) is 3. The van der Waals surface area contributed by atoms with Crippen molar-refractivity contribution in [2.45, 2.75) is 26.3 Å². The molecule has 0 bridgehead atoms. The minimum absolute atomic E-state index is 0.0117. The molecule has 0 radical (unpaired) electrons. The molecule has 0 saturated heterocycles. The first-order chi connectivity index (χ1) is 15.2. The zero-order valence-electron chi connectivity index (χ0n) is 18.0. The molecule has 0 N–H and O–H groups in total. The van der Waals surface area contributed by atoms with Gasteiger partial charge in [0.25, 0.3) is 5.91 Å². The van der Waals surface area contributed by atoms with Gasteiger partial charge in [0.2, 0.25) is 0 Å². The van der Waals surface area contributed by atoms with Gasteiger partial charge in [-0.25, -0.2) is 4.79 Å². The lowest BCUT2D eigenvalue weighted by Gasteiger charge is -2.38. The number of carbonyl (C=O) groups is 2. The summed E-state index contributed by atoms with van der Waals surface area (Å²) in [6, 6.07) is 13.5. The topological polar surface area (TPSA) is 103 Å². The van der Waals surface area contributed by atoms with Crippen molar-refractivity contribution in [3.63, 3.8) is 0 Å². The summed E-state index contributed by atoms with van der Waals surface area (Å²) in [6.45, 7) is 5.68. The lowest BCUT2D eigenvalue weighted by molar-refractivity contribution is -0.113. The van der Waals surface area contributed by atoms with Crippen LogP contribution in [0.4, 0.5) is 5.69 Å². The molecule has 32 heavy (non-hydrogen) atoms. The Balaban J connectivity index is 1.91. The first-order valence-electron chi connectivity index (χ1n) is 9.86. The number of carbonyl (C=O) groups excluding carboxylic acids is 2. The molecule has 2 heterocycles. The van der Waals surface area contributed by atoms with E-state index in [4.69, 9.17) is 9.47 Å². The van der Waals surface area contributed by atoms with E-state index < -0.39 is 17.4 Å². The molecule has 2 aromatic rings. The lowest BCUT2D eigenvalue weighted by Crippen LogP contribution is -2.46. The van der Waals surface area contributed by atoms with Crippen molar-refractivity contribution in [2.75, 3.05) is 12.0 Å². The molecule has 158 valence electrons. The highest BCUT2D eigenvalue weighted by molar-refractivity contribution is 6.36. The summed E-state index contributed by atoms with van der Waals surface area (Å²) in [5, 5.41) is 18.9. The standard InChI is InChI=1S/C25H19N3O4/c1-14-11-25(2,3)28-22-18(14)9-16(10-19(22)21(23(28)29)15(12-26)13-27)32-24(30)17-7-5-6-8-20(17)31-4/h5-11H,1-4H3. The molecule has 7 nitrogen and oxygen atoms in total. The molecule has 0 unspecified atom stereocenters. The third kappa shape index (κ3) is 3.03. The van der Waals surface area contributed by atoms with Gasteiger partial charge in [-0.2, -0.15) is 10.5 Å². The average Bonchev–Trinajstić information content (AvgIpc) is 3.06. The molecule has 1 amide bonds. The second-order valence-corrected chi connectivity index (χ2v) is 8.05. The molecular weight excluding hydrogens is 406 g/mol. The number of nitriles is 2. The van der Waals surface area contributed by atoms with E-state index >= 15 is 0 Å². The largest absolute Gasteiger partial charge is 0.496 e. The normalized spacial score (nSPS) is 15.3. The number of allylic oxidation sites excluding steroid dienone is 2. The molecule has 2 aromatic carbocycles. The van der Waals surface area contributed by atoms with E-state index in [9.17, 15) is 20.1 Å². The second kappa shape index (κ2) is 7.40. The number of benzene rings is 2. The Bertz CT molecular complexity index is 1320. The van der Waals surface area contributed by atoms with E-state index in [1.54, 1.807) is 35.2 Å². The fourth-order valence-electron chi connectivity index (χ4n) is 4.30. The average molecular weight is 425 g/mol. The number of anilines is 1. The van der Waals surface area contributed by atoms with Crippen LogP contribution in [0, 0.1) is 22.7 Å². The van der Waals surface area contributed by atoms with Crippen LogP contribution in [0.5, 0.6) is 11.5 Å². The van der Waals surface area contributed by atoms with Gasteiger partial charge in [-0.1, -0.05) is 18.2 Å². The van der Waals surface area contributed by atoms with Crippen LogP contribution in [0.25, 0.3) is 11.1 Å². The molecule has 0 spiro atoms. The predicted molar refractivity (Wildman–Crippen MR) is 118 cm³/mol. The maximum absolute atomic E-state index is 13.3. The summed E-state index contributed by atoms with van der Waals surface area (Å²) in [7, 11) is 1.46. The number of esters is 1. The van der Waals surface area contributed by atoms with Gasteiger partial charge in [0.1, 0.15) is 34.8 Å². The van der Waals surface area contributed by atoms with Crippen molar-refractivity contribution in [1.29, 1.82) is 10.5 Å². The first kappa shape index (κ1) is 20.9. The van der Waals surface area contributed by atoms with E-state index in [1.165, 1.54) is 13.2 Å². The van der Waals surface area contributed by atoms with Crippen LogP contribution < -0.4 is 14.4 Å². The monoisotopic (exact) mass is 425 g/mol. The molecule has 0 aliphatic carbocycles. The summed E-state index contributed by atoms with van der Waals surface area (Å²) in [5.74, 6) is -0.485. The SMILES string of the molecule is COc1ccccc1C(=O)Oc1cc2c3c(c1)C(=C(C#N)C#N)C(=O)N3C(C)(C)C=C2C. The lowest BCUT2D eigenvalue weighted by atomic mass is 9.88. The van der Waals surface area contributed by atoms with Crippen LogP contribution in [-0.2, 0) is 4.79 Å². The van der Waals surface area contributed by atoms with Gasteiger partial charge in [-0.05, 0) is 50.6 Å². The third-order valence-corrected chi connectivity index (χ3v) is 5.58. The summed E-state index contributed by atoms with van der Waals surface area (Å²) >= 11 is 0. The Morgan fingerprint density at radius 1 is 1.09 bits per heavy atom. The Morgan fingerprint density at radius 3 is 2.41 bits per heavy atom. The van der Waals surface area contributed by atoms with Crippen LogP contribution >= 0.6 is 0 Å². The summed E-state index contributed by atoms with van der Waals surface area (Å²) in [5.41, 5.74) is 1.91. The van der Waals surface area contributed by atoms with Crippen molar-refractivity contribution >= 4 is 28.7 Å². The number of para-hydroxylation sites is 1. The van der Waals surface area contributed by atoms with Crippen molar-refractivity contribution < 1.29 is 19.1 Å². The highest BCUT2D eigenvalue weighted by Crippen LogP contribution is 2.51. The minimum atomic E-state index is -0.656. The van der Waals surface area contributed by atoms with E-state index in [2.05, 4.69) is 0 Å². The highest BCUT2D eigenvalue weighted by Gasteiger charge is 2.46. The van der Waals surface area contributed by atoms with Gasteiger partial charge in [0, 0.05) is 11.1 Å². The highest BCUT2D eigenvalue weighted by atomic mass is 16.5. The predicted octanol–water partition coefficient (Wildman–Crippen LogP) is 4.26. The Hall–Kier alpha value is -4.36. The van der Waals surface area contributed by atoms with Gasteiger partial charge in [-0.15, -0.1) is 0 Å². The van der Waals surface area contributed by atoms with Crippen LogP contribution in [0.3, 0.4) is 0 Å². The summed E-state index contributed by atoms with van der Waals surface area (Å²) in [6.07, 6.45) is 1.93. The quantitative estimate of drug-likeness (QED) is 0.315. The maximum atomic E-state index is 13.3. The molecule has 7 heteroatoms. The molecule has 4 rings (SSSR count). The van der Waals surface area contributed by atoms with Gasteiger partial charge < -0.3 is 9.47 Å². The van der Waals surface area contributed by atoms with Gasteiger partial charge in [-0.3, -0.25) is 9.69 Å². The number of hydrogen-bond donors (Lipinski definition) is 0. The van der Waals surface area contributed by atoms with Crippen LogP contribution in [0.2, 0.25) is 0 Å². The van der Waals surface area contributed by atoms with Crippen molar-refractivity contribution in [3.05, 3.63) is 64.7 Å². The van der Waals surface area contributed by atoms with Crippen LogP contribution in [0.15, 0.2) is 48.0 Å². The molecule has 0 aromatic heterocycles. The second-order valence-electron chi connectivity index (χ2n) is 8.05. The zero-order valence-corrected chi connectivity index (χ0v) is 18.0. The Labute approximate surface area is 185 Å². The zero-order chi connectivity index (χ0) is 23.2. The fourth-order valence-corrected chi connectivity index (χ4v) is 4.30. The third-order valence-electron chi connectivity index (χ3n) is 5.58. The van der Waals surface area contributed by atoms with Crippen molar-refractivity contribution in [3.8, 4) is 23.6 Å². The number of ether oxygens (including phenoxy) is 2. The van der Waals surface area contributed by atoms with Crippen LogP contribution in [-0.4, -0.2) is 24.5 Å². The van der Waals surface area contributed by atoms with E-state index in [0.717, 1.165) is 5.57 Å². The van der Waals surface area contributed by atoms with Gasteiger partial charge in [0.05, 0.1) is 23.9 Å². The summed E-state index contributed by atoms with van der Waals surface area (Å²) in [4.78, 5) is 27.7. The van der Waals surface area contributed by atoms with Gasteiger partial charge in [0.15, 0.2) is 0 Å². The minimum Gasteiger partial charge on any atom is -0.496 e. The maximum Gasteiger partial charge on any atom is 0.347 e. The molecule has 2 aliphatic heterocycles. The van der Waals surface area contributed by atoms with Crippen molar-refractivity contribution in [2.24, 2.45) is 0 Å². The molecular formula is C25H19N3O4. The summed E-state index contributed by atoms with van der Waals surface area (Å²) < 4.78 is 10.9. The fraction of sp³-hybridized carbons (Fsp3) is 0.200. The Kier molecular flexibility index (Phi) is 4.83. The van der Waals surface area contributed by atoms with E-state index in [-0.39, 0.29) is 22.5 Å². The first-order valence-corrected chi connectivity index (χ1v) is 9.86. The van der Waals surface area contributed by atoms with E-state index in [0.29, 0.717) is 22.6 Å². The number of rotatable bonds is 3. The smallest absolute Gasteiger partial charge is 0.347 e. The molecule has 0 atom stereocenters. The number of amides is 1. The van der Waals surface area contributed by atoms with Crippen LogP contribution in [0.1, 0.15) is 42.3 Å². The molecule has 0 saturated carbocycles. The number of hydrogen-bond acceptors (Lipinski definition) is 6. The van der Waals surface area contributed by atoms with Crippen molar-refractivity contribution in [1.82, 2.24) is 0 Å². The molecule has 2 aliphatic rings. The van der Waals surface area contributed by atoms with Gasteiger partial charge >= 0.3 is 5.97 Å². The molecule has 0 fully saturated rings. The number of methoxy groups -OCH3 is 1. The van der Waals surface area contributed by atoms with E-state index in [1.807, 2.05) is 39.0 Å².